The smallest absolute Gasteiger partial charge is 0.258 e. The Kier molecular flexibility index (Phi) is 17.8. The predicted molar refractivity (Wildman–Crippen MR) is 146 cm³/mol. The van der Waals surface area contributed by atoms with Gasteiger partial charge >= 0.3 is 0 Å². The molecular weight excluding hydrogens is 524 g/mol. The number of nitrogens with two attached hydrogens (primary N) is 1. The summed E-state index contributed by atoms with van der Waals surface area (Å²) in [7, 11) is 1.40. The summed E-state index contributed by atoms with van der Waals surface area (Å²) in [5.74, 6) is -2.08. The number of amides is 4. The van der Waals surface area contributed by atoms with Crippen LogP contribution in [0.15, 0.2) is 18.2 Å². The summed E-state index contributed by atoms with van der Waals surface area (Å²) in [5.41, 5.74) is 5.28. The number of benzene rings is 1. The van der Waals surface area contributed by atoms with Crippen LogP contribution in [0.3, 0.4) is 0 Å². The van der Waals surface area contributed by atoms with E-state index in [1.807, 2.05) is 0 Å². The number of hydrogen-bond donors (Lipinski definition) is 3. The Morgan fingerprint density at radius 3 is 2.30 bits per heavy atom. The van der Waals surface area contributed by atoms with Crippen LogP contribution in [0.25, 0.3) is 0 Å². The standard InChI is InChI=1S/C24H34N4O9.C3H8/c1-28(18-5-6-20(30)27-23(18)32)24(33)22-17(15-29)3-2-4-19(22)37-16-21(31)26-8-10-35-12-14-36-13-11-34-9-7-25;1-3-2/h2-4,15,18H,5-14,16,25H2,1H3,(H,26,31)(H,27,30,32);3H2,1-2H3. The van der Waals surface area contributed by atoms with Gasteiger partial charge in [-0.3, -0.25) is 29.3 Å². The second-order valence-corrected chi connectivity index (χ2v) is 8.69. The maximum absolute atomic E-state index is 13.2. The van der Waals surface area contributed by atoms with Crippen LogP contribution >= 0.6 is 0 Å². The summed E-state index contributed by atoms with van der Waals surface area (Å²) < 4.78 is 21.4. The molecule has 4 N–H and O–H groups in total. The third-order valence-electron chi connectivity index (χ3n) is 5.33. The van der Waals surface area contributed by atoms with E-state index in [1.165, 1.54) is 31.7 Å². The normalized spacial score (nSPS) is 14.4. The Bertz CT molecular complexity index is 958. The number of nitrogens with one attached hydrogen (secondary N) is 2. The largest absolute Gasteiger partial charge is 0.483 e. The van der Waals surface area contributed by atoms with Gasteiger partial charge in [0.2, 0.25) is 11.8 Å². The summed E-state index contributed by atoms with van der Waals surface area (Å²) in [4.78, 5) is 61.7. The molecule has 0 aliphatic carbocycles. The average Bonchev–Trinajstić information content (AvgIpc) is 2.94. The molecule has 13 heteroatoms. The molecule has 224 valence electrons. The molecule has 1 fully saturated rings. The topological polar surface area (TPSA) is 176 Å². The number of rotatable bonds is 17. The van der Waals surface area contributed by atoms with E-state index in [1.54, 1.807) is 0 Å². The van der Waals surface area contributed by atoms with Crippen LogP contribution in [-0.4, -0.2) is 107 Å². The fourth-order valence-corrected chi connectivity index (χ4v) is 3.45. The molecular formula is C27H42N4O9. The highest BCUT2D eigenvalue weighted by atomic mass is 16.5. The number of hydrogen-bond acceptors (Lipinski definition) is 10. The molecule has 1 atom stereocenters. The van der Waals surface area contributed by atoms with Crippen LogP contribution < -0.4 is 21.1 Å². The first kappa shape index (κ1) is 34.6. The number of ether oxygens (including phenoxy) is 4. The first-order chi connectivity index (χ1) is 19.3. The van der Waals surface area contributed by atoms with Gasteiger partial charge in [0.25, 0.3) is 11.8 Å². The van der Waals surface area contributed by atoms with Crippen LogP contribution in [0.1, 0.15) is 53.8 Å². The van der Waals surface area contributed by atoms with Gasteiger partial charge in [0.15, 0.2) is 12.9 Å². The van der Waals surface area contributed by atoms with Crippen molar-refractivity contribution >= 4 is 29.9 Å². The molecule has 0 spiro atoms. The first-order valence-electron chi connectivity index (χ1n) is 13.3. The van der Waals surface area contributed by atoms with Crippen molar-refractivity contribution in [3.63, 3.8) is 0 Å². The van der Waals surface area contributed by atoms with Gasteiger partial charge in [0, 0.05) is 32.1 Å². The average molecular weight is 567 g/mol. The monoisotopic (exact) mass is 566 g/mol. The van der Waals surface area contributed by atoms with Crippen molar-refractivity contribution in [1.29, 1.82) is 0 Å². The van der Waals surface area contributed by atoms with E-state index < -0.39 is 36.3 Å². The van der Waals surface area contributed by atoms with E-state index in [-0.39, 0.29) is 42.9 Å². The Labute approximate surface area is 235 Å². The van der Waals surface area contributed by atoms with Crippen LogP contribution in [0.2, 0.25) is 0 Å². The fourth-order valence-electron chi connectivity index (χ4n) is 3.45. The molecule has 1 aromatic carbocycles. The lowest BCUT2D eigenvalue weighted by molar-refractivity contribution is -0.136. The van der Waals surface area contributed by atoms with Crippen molar-refractivity contribution in [2.75, 3.05) is 66.4 Å². The lowest BCUT2D eigenvalue weighted by atomic mass is 10.0. The van der Waals surface area contributed by atoms with Crippen LogP contribution in [0.5, 0.6) is 5.75 Å². The van der Waals surface area contributed by atoms with E-state index in [4.69, 9.17) is 24.7 Å². The van der Waals surface area contributed by atoms with Gasteiger partial charge in [-0.2, -0.15) is 0 Å². The third-order valence-corrected chi connectivity index (χ3v) is 5.33. The molecule has 13 nitrogen and oxygen atoms in total. The van der Waals surface area contributed by atoms with Crippen molar-refractivity contribution in [3.8, 4) is 5.75 Å². The molecule has 0 bridgehead atoms. The SMILES string of the molecule is CCC.CN(C(=O)c1c(C=O)cccc1OCC(=O)NCCOCCOCCOCCN)C1CCC(=O)NC1=O. The number of aldehydes is 1. The van der Waals surface area contributed by atoms with Crippen molar-refractivity contribution in [2.45, 2.75) is 39.2 Å². The van der Waals surface area contributed by atoms with Crippen molar-refractivity contribution < 1.29 is 42.9 Å². The Hall–Kier alpha value is -3.39. The van der Waals surface area contributed by atoms with Crippen LogP contribution in [0, 0.1) is 0 Å². The highest BCUT2D eigenvalue weighted by Crippen LogP contribution is 2.25. The maximum Gasteiger partial charge on any atom is 0.258 e. The molecule has 1 saturated heterocycles. The van der Waals surface area contributed by atoms with Gasteiger partial charge < -0.3 is 34.9 Å². The number of imide groups is 1. The number of nitrogens with zero attached hydrogens (tertiary/aromatic N) is 1. The second-order valence-electron chi connectivity index (χ2n) is 8.69. The van der Waals surface area contributed by atoms with Gasteiger partial charge in [0.05, 0.1) is 45.2 Å². The highest BCUT2D eigenvalue weighted by Gasteiger charge is 2.34. The molecule has 4 amide bonds. The van der Waals surface area contributed by atoms with E-state index in [0.717, 1.165) is 4.90 Å². The van der Waals surface area contributed by atoms with Crippen LogP contribution in [-0.2, 0) is 28.6 Å². The second kappa shape index (κ2) is 20.5. The molecule has 1 aromatic rings. The van der Waals surface area contributed by atoms with Gasteiger partial charge in [0.1, 0.15) is 11.8 Å². The lowest BCUT2D eigenvalue weighted by Crippen LogP contribution is -2.53. The molecule has 1 unspecified atom stereocenters. The van der Waals surface area contributed by atoms with Gasteiger partial charge in [-0.25, -0.2) is 0 Å². The lowest BCUT2D eigenvalue weighted by Gasteiger charge is -2.30. The summed E-state index contributed by atoms with van der Waals surface area (Å²) in [6, 6.07) is 3.52. The molecule has 0 aromatic heterocycles. The fraction of sp³-hybridized carbons (Fsp3) is 0.593. The van der Waals surface area contributed by atoms with E-state index >= 15 is 0 Å². The molecule has 2 rings (SSSR count). The quantitative estimate of drug-likeness (QED) is 0.135. The summed E-state index contributed by atoms with van der Waals surface area (Å²) in [6.45, 7) is 6.94. The molecule has 0 radical (unpaired) electrons. The van der Waals surface area contributed by atoms with Gasteiger partial charge in [-0.1, -0.05) is 32.4 Å². The zero-order valence-corrected chi connectivity index (χ0v) is 23.6. The van der Waals surface area contributed by atoms with Crippen LogP contribution in [0.4, 0.5) is 0 Å². The van der Waals surface area contributed by atoms with Gasteiger partial charge in [-0.05, 0) is 12.5 Å². The minimum Gasteiger partial charge on any atom is -0.483 e. The van der Waals surface area contributed by atoms with E-state index in [2.05, 4.69) is 24.5 Å². The summed E-state index contributed by atoms with van der Waals surface area (Å²) >= 11 is 0. The van der Waals surface area contributed by atoms with Gasteiger partial charge in [-0.15, -0.1) is 0 Å². The Morgan fingerprint density at radius 1 is 1.07 bits per heavy atom. The predicted octanol–water partition coefficient (Wildman–Crippen LogP) is 0.296. The summed E-state index contributed by atoms with van der Waals surface area (Å²) in [5, 5.41) is 4.82. The highest BCUT2D eigenvalue weighted by molar-refractivity contribution is 6.07. The minimum atomic E-state index is -0.879. The van der Waals surface area contributed by atoms with Crippen molar-refractivity contribution in [3.05, 3.63) is 29.3 Å². The number of carbonyl (C=O) groups is 5. The molecule has 0 saturated carbocycles. The third kappa shape index (κ3) is 12.6. The molecule has 1 aliphatic rings. The Morgan fingerprint density at radius 2 is 1.70 bits per heavy atom. The Balaban J connectivity index is 0.00000254. The van der Waals surface area contributed by atoms with Crippen molar-refractivity contribution in [2.24, 2.45) is 5.73 Å². The zero-order chi connectivity index (χ0) is 29.8. The van der Waals surface area contributed by atoms with Crippen molar-refractivity contribution in [1.82, 2.24) is 15.5 Å². The number of likely N-dealkylation sites (N-methyl/N-ethyl adjacent to an activating group) is 1. The summed E-state index contributed by atoms with van der Waals surface area (Å²) in [6.07, 6.45) is 1.99. The minimum absolute atomic E-state index is 0.0211. The molecule has 1 aliphatic heterocycles. The first-order valence-corrected chi connectivity index (χ1v) is 13.3. The molecule has 1 heterocycles. The maximum atomic E-state index is 13.2. The molecule has 40 heavy (non-hydrogen) atoms. The number of carbonyl (C=O) groups excluding carboxylic acids is 5. The van der Waals surface area contributed by atoms with E-state index in [9.17, 15) is 24.0 Å². The number of piperidine rings is 1. The zero-order valence-electron chi connectivity index (χ0n) is 23.6. The van der Waals surface area contributed by atoms with E-state index in [0.29, 0.717) is 45.9 Å².